The first kappa shape index (κ1) is 17.4. The number of aliphatic hydroxyl groups excluding tert-OH is 1. The van der Waals surface area contributed by atoms with E-state index in [9.17, 15) is 9.90 Å². The van der Waals surface area contributed by atoms with Gasteiger partial charge in [-0.1, -0.05) is 36.4 Å². The number of aliphatic hydroxyl groups is 1. The van der Waals surface area contributed by atoms with Gasteiger partial charge in [0, 0.05) is 31.5 Å². The molecule has 144 valence electrons. The average molecular weight is 375 g/mol. The highest BCUT2D eigenvalue weighted by atomic mass is 16.3. The lowest BCUT2D eigenvalue weighted by molar-refractivity contribution is -0.133. The number of fused-ring (bicyclic) bond motifs is 3. The van der Waals surface area contributed by atoms with E-state index in [-0.39, 0.29) is 17.4 Å². The molecule has 1 aliphatic carbocycles. The second-order valence-corrected chi connectivity index (χ2v) is 8.09. The molecule has 1 amide bonds. The van der Waals surface area contributed by atoms with Crippen molar-refractivity contribution in [1.82, 2.24) is 14.5 Å². The summed E-state index contributed by atoms with van der Waals surface area (Å²) in [6.07, 6.45) is 4.37. The number of likely N-dealkylation sites (tertiary alicyclic amines) is 1. The van der Waals surface area contributed by atoms with E-state index in [0.717, 1.165) is 43.4 Å². The summed E-state index contributed by atoms with van der Waals surface area (Å²) in [5, 5.41) is 10.8. The van der Waals surface area contributed by atoms with Gasteiger partial charge in [-0.05, 0) is 42.5 Å². The van der Waals surface area contributed by atoms with E-state index in [4.69, 9.17) is 0 Å². The van der Waals surface area contributed by atoms with E-state index in [1.807, 2.05) is 41.6 Å². The number of benzene rings is 2. The number of rotatable bonds is 3. The molecule has 3 aromatic rings. The highest BCUT2D eigenvalue weighted by Crippen LogP contribution is 2.46. The van der Waals surface area contributed by atoms with E-state index < -0.39 is 0 Å². The third kappa shape index (κ3) is 2.73. The number of amides is 1. The summed E-state index contributed by atoms with van der Waals surface area (Å²) < 4.78 is 2.05. The first-order chi connectivity index (χ1) is 13.7. The molecule has 0 radical (unpaired) electrons. The molecule has 0 saturated carbocycles. The van der Waals surface area contributed by atoms with Crippen molar-refractivity contribution in [2.75, 3.05) is 13.1 Å². The molecule has 1 aliphatic heterocycles. The van der Waals surface area contributed by atoms with Crippen molar-refractivity contribution >= 4 is 16.9 Å². The van der Waals surface area contributed by atoms with Crippen LogP contribution in [0.2, 0.25) is 0 Å². The third-order valence-electron chi connectivity index (χ3n) is 6.71. The van der Waals surface area contributed by atoms with Crippen LogP contribution in [0.5, 0.6) is 0 Å². The largest absolute Gasteiger partial charge is 0.392 e. The van der Waals surface area contributed by atoms with Crippen LogP contribution in [0.15, 0.2) is 54.9 Å². The molecule has 5 heteroatoms. The lowest BCUT2D eigenvalue weighted by Gasteiger charge is -2.42. The van der Waals surface area contributed by atoms with Gasteiger partial charge in [0.2, 0.25) is 5.91 Å². The SMILES string of the molecule is O=C(CCn1cnc2ccccc21)N1CCC2(CC1)c1ccccc1C[C@H]2O. The van der Waals surface area contributed by atoms with Gasteiger partial charge in [-0.15, -0.1) is 0 Å². The zero-order valence-electron chi connectivity index (χ0n) is 15.9. The van der Waals surface area contributed by atoms with Crippen LogP contribution < -0.4 is 0 Å². The summed E-state index contributed by atoms with van der Waals surface area (Å²) in [5.74, 6) is 0.188. The van der Waals surface area contributed by atoms with Crippen LogP contribution in [-0.4, -0.2) is 44.7 Å². The summed E-state index contributed by atoms with van der Waals surface area (Å²) in [7, 11) is 0. The zero-order chi connectivity index (χ0) is 19.1. The molecule has 1 saturated heterocycles. The van der Waals surface area contributed by atoms with Crippen molar-refractivity contribution < 1.29 is 9.90 Å². The molecule has 2 heterocycles. The van der Waals surface area contributed by atoms with E-state index in [0.29, 0.717) is 13.0 Å². The molecule has 1 N–H and O–H groups in total. The Morgan fingerprint density at radius 3 is 2.71 bits per heavy atom. The van der Waals surface area contributed by atoms with Gasteiger partial charge >= 0.3 is 0 Å². The molecule has 0 bridgehead atoms. The summed E-state index contributed by atoms with van der Waals surface area (Å²) in [4.78, 5) is 19.2. The number of carbonyl (C=O) groups excluding carboxylic acids is 1. The quantitative estimate of drug-likeness (QED) is 0.766. The Hall–Kier alpha value is -2.66. The molecule has 2 aliphatic rings. The van der Waals surface area contributed by atoms with Crippen molar-refractivity contribution in [3.05, 3.63) is 66.0 Å². The molecule has 5 nitrogen and oxygen atoms in total. The molecule has 1 fully saturated rings. The first-order valence-electron chi connectivity index (χ1n) is 10.1. The molecule has 5 rings (SSSR count). The Balaban J connectivity index is 1.24. The zero-order valence-corrected chi connectivity index (χ0v) is 15.9. The lowest BCUT2D eigenvalue weighted by atomic mass is 9.72. The van der Waals surface area contributed by atoms with Crippen molar-refractivity contribution in [1.29, 1.82) is 0 Å². The maximum atomic E-state index is 12.8. The van der Waals surface area contributed by atoms with Gasteiger partial charge in [-0.2, -0.15) is 0 Å². The number of hydrogen-bond donors (Lipinski definition) is 1. The number of carbonyl (C=O) groups is 1. The molecule has 1 aromatic heterocycles. The van der Waals surface area contributed by atoms with Crippen LogP contribution in [-0.2, 0) is 23.2 Å². The summed E-state index contributed by atoms with van der Waals surface area (Å²) >= 11 is 0. The average Bonchev–Trinajstić information content (AvgIpc) is 3.26. The minimum atomic E-state index is -0.334. The monoisotopic (exact) mass is 375 g/mol. The minimum Gasteiger partial charge on any atom is -0.392 e. The topological polar surface area (TPSA) is 58.4 Å². The van der Waals surface area contributed by atoms with Gasteiger partial charge < -0.3 is 14.6 Å². The number of imidazole rings is 1. The number of hydrogen-bond acceptors (Lipinski definition) is 3. The molecular formula is C23H25N3O2. The Morgan fingerprint density at radius 2 is 1.86 bits per heavy atom. The fourth-order valence-electron chi connectivity index (χ4n) is 5.09. The van der Waals surface area contributed by atoms with Crippen LogP contribution in [0, 0.1) is 0 Å². The normalized spacial score (nSPS) is 20.6. The molecule has 28 heavy (non-hydrogen) atoms. The van der Waals surface area contributed by atoms with Gasteiger partial charge in [0.05, 0.1) is 23.5 Å². The van der Waals surface area contributed by atoms with E-state index in [1.54, 1.807) is 0 Å². The van der Waals surface area contributed by atoms with Crippen LogP contribution in [0.25, 0.3) is 11.0 Å². The summed E-state index contributed by atoms with van der Waals surface area (Å²) in [6, 6.07) is 16.4. The van der Waals surface area contributed by atoms with Gasteiger partial charge in [0.15, 0.2) is 0 Å². The number of aryl methyl sites for hydroxylation is 1. The smallest absolute Gasteiger partial charge is 0.224 e. The van der Waals surface area contributed by atoms with Crippen LogP contribution in [0.1, 0.15) is 30.4 Å². The van der Waals surface area contributed by atoms with Crippen molar-refractivity contribution in [2.45, 2.75) is 43.7 Å². The first-order valence-corrected chi connectivity index (χ1v) is 10.1. The second kappa shape index (κ2) is 6.74. The highest BCUT2D eigenvalue weighted by Gasteiger charge is 2.47. The van der Waals surface area contributed by atoms with Gasteiger partial charge in [0.1, 0.15) is 0 Å². The van der Waals surface area contributed by atoms with Gasteiger partial charge in [-0.25, -0.2) is 4.98 Å². The molecule has 0 unspecified atom stereocenters. The third-order valence-corrected chi connectivity index (χ3v) is 6.71. The number of aromatic nitrogens is 2. The van der Waals surface area contributed by atoms with E-state index in [2.05, 4.69) is 27.8 Å². The Morgan fingerprint density at radius 1 is 1.11 bits per heavy atom. The minimum absolute atomic E-state index is 0.173. The fourth-order valence-corrected chi connectivity index (χ4v) is 5.09. The summed E-state index contributed by atoms with van der Waals surface area (Å²) in [6.45, 7) is 2.08. The van der Waals surface area contributed by atoms with Crippen molar-refractivity contribution in [3.8, 4) is 0 Å². The second-order valence-electron chi connectivity index (χ2n) is 8.09. The number of piperidine rings is 1. The Labute approximate surface area is 164 Å². The van der Waals surface area contributed by atoms with Crippen LogP contribution in [0.3, 0.4) is 0 Å². The molecule has 1 spiro atoms. The number of para-hydroxylation sites is 2. The Kier molecular flexibility index (Phi) is 4.20. The maximum Gasteiger partial charge on any atom is 0.224 e. The number of nitrogens with zero attached hydrogens (tertiary/aromatic N) is 3. The summed E-state index contributed by atoms with van der Waals surface area (Å²) in [5.41, 5.74) is 4.41. The van der Waals surface area contributed by atoms with Crippen LogP contribution >= 0.6 is 0 Å². The Bertz CT molecular complexity index is 1020. The predicted molar refractivity (Wildman–Crippen MR) is 108 cm³/mol. The van der Waals surface area contributed by atoms with Crippen molar-refractivity contribution in [3.63, 3.8) is 0 Å². The molecule has 1 atom stereocenters. The standard InChI is InChI=1S/C23H25N3O2/c27-21-15-17-5-1-2-6-18(17)23(21)10-13-25(14-11-23)22(28)9-12-26-16-24-19-7-3-4-8-20(19)26/h1-8,16,21,27H,9-15H2/t21-/m1/s1. The predicted octanol–water partition coefficient (Wildman–Crippen LogP) is 2.90. The van der Waals surface area contributed by atoms with E-state index >= 15 is 0 Å². The van der Waals surface area contributed by atoms with Crippen LogP contribution in [0.4, 0.5) is 0 Å². The maximum absolute atomic E-state index is 12.8. The van der Waals surface area contributed by atoms with Gasteiger partial charge in [0.25, 0.3) is 0 Å². The van der Waals surface area contributed by atoms with Crippen molar-refractivity contribution in [2.24, 2.45) is 0 Å². The van der Waals surface area contributed by atoms with Gasteiger partial charge in [-0.3, -0.25) is 4.79 Å². The molecule has 2 aromatic carbocycles. The molecular weight excluding hydrogens is 350 g/mol. The fraction of sp³-hybridized carbons (Fsp3) is 0.391. The van der Waals surface area contributed by atoms with E-state index in [1.165, 1.54) is 11.1 Å². The lowest BCUT2D eigenvalue weighted by Crippen LogP contribution is -2.49. The highest BCUT2D eigenvalue weighted by molar-refractivity contribution is 5.77.